The molecule has 2 rings (SSSR count). The van der Waals surface area contributed by atoms with Gasteiger partial charge in [-0.15, -0.1) is 11.6 Å². The zero-order valence-electron chi connectivity index (χ0n) is 9.75. The molecule has 2 heterocycles. The summed E-state index contributed by atoms with van der Waals surface area (Å²) in [4.78, 5) is 27.0. The van der Waals surface area contributed by atoms with Crippen LogP contribution in [0.2, 0.25) is 0 Å². The second-order valence-corrected chi connectivity index (χ2v) is 5.20. The van der Waals surface area contributed by atoms with E-state index in [0.717, 1.165) is 0 Å². The molecule has 1 aromatic heterocycles. The zero-order chi connectivity index (χ0) is 14.0. The van der Waals surface area contributed by atoms with Crippen LogP contribution in [0.4, 0.5) is 0 Å². The van der Waals surface area contributed by atoms with Gasteiger partial charge in [0.25, 0.3) is 5.56 Å². The third kappa shape index (κ3) is 3.00. The number of aliphatic hydroxyl groups excluding tert-OH is 1. The smallest absolute Gasteiger partial charge is 0.330 e. The lowest BCUT2D eigenvalue weighted by atomic mass is 10.2. The van der Waals surface area contributed by atoms with Gasteiger partial charge in [-0.25, -0.2) is 4.79 Å². The maximum atomic E-state index is 11.8. The Kier molecular flexibility index (Phi) is 4.62. The summed E-state index contributed by atoms with van der Waals surface area (Å²) in [5.74, 6) is 0. The number of nitrogens with zero attached hydrogens (tertiary/aromatic N) is 1. The number of aromatic amines is 1. The van der Waals surface area contributed by atoms with Crippen molar-refractivity contribution in [2.75, 3.05) is 6.61 Å². The SMILES string of the molecule is O=c1[nH]c(=O)n([C@H]2C[C@H](Cl)[C@@H](CO)O2)cc1C=CBr. The summed E-state index contributed by atoms with van der Waals surface area (Å²) >= 11 is 9.08. The standard InChI is InChI=1S/C11H12BrClN2O4/c12-2-1-6-4-15(11(18)14-10(6)17)9-3-7(13)8(5-16)19-9/h1-2,4,7-9,16H,3,5H2,(H,14,17,18)/t7-,8+,9+/m0/s1. The van der Waals surface area contributed by atoms with E-state index in [0.29, 0.717) is 12.0 Å². The third-order valence-electron chi connectivity index (χ3n) is 2.89. The average molecular weight is 352 g/mol. The van der Waals surface area contributed by atoms with Crippen molar-refractivity contribution < 1.29 is 9.84 Å². The van der Waals surface area contributed by atoms with Gasteiger partial charge in [-0.3, -0.25) is 14.3 Å². The Morgan fingerprint density at radius 1 is 1.63 bits per heavy atom. The monoisotopic (exact) mass is 350 g/mol. The van der Waals surface area contributed by atoms with E-state index < -0.39 is 23.6 Å². The van der Waals surface area contributed by atoms with Crippen molar-refractivity contribution in [3.8, 4) is 0 Å². The van der Waals surface area contributed by atoms with Gasteiger partial charge in [-0.1, -0.05) is 15.9 Å². The van der Waals surface area contributed by atoms with Gasteiger partial charge in [0.2, 0.25) is 0 Å². The molecule has 104 valence electrons. The molecular formula is C11H12BrClN2O4. The number of aliphatic hydroxyl groups is 1. The molecule has 1 aliphatic heterocycles. The molecule has 6 nitrogen and oxygen atoms in total. The van der Waals surface area contributed by atoms with E-state index in [9.17, 15) is 9.59 Å². The second kappa shape index (κ2) is 6.04. The maximum absolute atomic E-state index is 11.8. The quantitative estimate of drug-likeness (QED) is 0.789. The number of rotatable bonds is 3. The fourth-order valence-corrected chi connectivity index (χ4v) is 2.50. The van der Waals surface area contributed by atoms with E-state index in [1.807, 2.05) is 0 Å². The van der Waals surface area contributed by atoms with Crippen LogP contribution in [0.5, 0.6) is 0 Å². The Morgan fingerprint density at radius 2 is 2.37 bits per heavy atom. The highest BCUT2D eigenvalue weighted by Gasteiger charge is 2.35. The van der Waals surface area contributed by atoms with Crippen LogP contribution in [0.25, 0.3) is 6.08 Å². The molecule has 19 heavy (non-hydrogen) atoms. The lowest BCUT2D eigenvalue weighted by Crippen LogP contribution is -2.33. The molecule has 0 aromatic carbocycles. The molecule has 1 aromatic rings. The van der Waals surface area contributed by atoms with Crippen LogP contribution in [-0.2, 0) is 4.74 Å². The summed E-state index contributed by atoms with van der Waals surface area (Å²) in [6.07, 6.45) is 2.21. The molecule has 0 spiro atoms. The van der Waals surface area contributed by atoms with Crippen LogP contribution >= 0.6 is 27.5 Å². The fraction of sp³-hybridized carbons (Fsp3) is 0.455. The number of halogens is 2. The first-order valence-electron chi connectivity index (χ1n) is 5.59. The summed E-state index contributed by atoms with van der Waals surface area (Å²) in [6.45, 7) is -0.211. The number of hydrogen-bond acceptors (Lipinski definition) is 4. The van der Waals surface area contributed by atoms with Crippen molar-refractivity contribution >= 4 is 33.6 Å². The first-order chi connectivity index (χ1) is 9.06. The molecule has 0 aliphatic carbocycles. The molecule has 2 N–H and O–H groups in total. The van der Waals surface area contributed by atoms with Crippen LogP contribution < -0.4 is 11.2 Å². The molecular weight excluding hydrogens is 339 g/mol. The van der Waals surface area contributed by atoms with Gasteiger partial charge < -0.3 is 9.84 Å². The van der Waals surface area contributed by atoms with E-state index in [-0.39, 0.29) is 12.0 Å². The van der Waals surface area contributed by atoms with Crippen molar-refractivity contribution in [2.24, 2.45) is 0 Å². The molecule has 0 saturated carbocycles. The molecule has 0 amide bonds. The Morgan fingerprint density at radius 3 is 2.95 bits per heavy atom. The van der Waals surface area contributed by atoms with Gasteiger partial charge in [0.05, 0.1) is 23.7 Å². The molecule has 0 bridgehead atoms. The molecule has 1 fully saturated rings. The number of hydrogen-bond donors (Lipinski definition) is 2. The van der Waals surface area contributed by atoms with E-state index in [4.69, 9.17) is 21.4 Å². The predicted octanol–water partition coefficient (Wildman–Crippen LogP) is 0.789. The largest absolute Gasteiger partial charge is 0.394 e. The topological polar surface area (TPSA) is 84.3 Å². The minimum atomic E-state index is -0.591. The molecule has 0 radical (unpaired) electrons. The first-order valence-corrected chi connectivity index (χ1v) is 6.94. The number of aromatic nitrogens is 2. The average Bonchev–Trinajstić information content (AvgIpc) is 2.74. The molecule has 1 saturated heterocycles. The highest BCUT2D eigenvalue weighted by molar-refractivity contribution is 9.11. The Bertz CT molecular complexity index is 597. The highest BCUT2D eigenvalue weighted by Crippen LogP contribution is 2.30. The molecule has 1 aliphatic rings. The van der Waals surface area contributed by atoms with Crippen molar-refractivity contribution in [2.45, 2.75) is 24.1 Å². The van der Waals surface area contributed by atoms with Crippen LogP contribution in [0.15, 0.2) is 20.8 Å². The fourth-order valence-electron chi connectivity index (χ4n) is 1.92. The summed E-state index contributed by atoms with van der Waals surface area (Å²) in [5.41, 5.74) is -0.723. The normalized spacial score (nSPS) is 27.2. The Balaban J connectivity index is 2.38. The zero-order valence-corrected chi connectivity index (χ0v) is 12.1. The molecule has 0 unspecified atom stereocenters. The number of alkyl halides is 1. The van der Waals surface area contributed by atoms with Gasteiger partial charge >= 0.3 is 5.69 Å². The van der Waals surface area contributed by atoms with E-state index in [2.05, 4.69) is 20.9 Å². The summed E-state index contributed by atoms with van der Waals surface area (Å²) in [7, 11) is 0. The Hall–Kier alpha value is -0.890. The van der Waals surface area contributed by atoms with E-state index in [1.54, 1.807) is 0 Å². The van der Waals surface area contributed by atoms with E-state index >= 15 is 0 Å². The summed E-state index contributed by atoms with van der Waals surface area (Å²) in [5, 5.41) is 8.71. The van der Waals surface area contributed by atoms with Gasteiger partial charge in [0.15, 0.2) is 0 Å². The molecule has 8 heteroatoms. The van der Waals surface area contributed by atoms with E-state index in [1.165, 1.54) is 21.8 Å². The number of nitrogens with one attached hydrogen (secondary N) is 1. The summed E-state index contributed by atoms with van der Waals surface area (Å²) < 4.78 is 6.76. The number of ether oxygens (including phenoxy) is 1. The van der Waals surface area contributed by atoms with Crippen molar-refractivity contribution in [3.05, 3.63) is 37.6 Å². The van der Waals surface area contributed by atoms with Crippen molar-refractivity contribution in [1.82, 2.24) is 9.55 Å². The van der Waals surface area contributed by atoms with Gasteiger partial charge in [-0.2, -0.15) is 0 Å². The lowest BCUT2D eigenvalue weighted by Gasteiger charge is -2.14. The van der Waals surface area contributed by atoms with Crippen molar-refractivity contribution in [1.29, 1.82) is 0 Å². The van der Waals surface area contributed by atoms with Crippen molar-refractivity contribution in [3.63, 3.8) is 0 Å². The highest BCUT2D eigenvalue weighted by atomic mass is 79.9. The maximum Gasteiger partial charge on any atom is 0.330 e. The first kappa shape index (κ1) is 14.5. The minimum absolute atomic E-state index is 0.211. The Labute approximate surface area is 121 Å². The minimum Gasteiger partial charge on any atom is -0.394 e. The number of H-pyrrole nitrogens is 1. The van der Waals surface area contributed by atoms with Crippen LogP contribution in [0, 0.1) is 0 Å². The van der Waals surface area contributed by atoms with Gasteiger partial charge in [0, 0.05) is 12.6 Å². The van der Waals surface area contributed by atoms with Crippen LogP contribution in [0.1, 0.15) is 18.2 Å². The second-order valence-electron chi connectivity index (χ2n) is 4.11. The van der Waals surface area contributed by atoms with Gasteiger partial charge in [-0.05, 0) is 11.1 Å². The van der Waals surface area contributed by atoms with Crippen LogP contribution in [-0.4, -0.2) is 32.7 Å². The lowest BCUT2D eigenvalue weighted by molar-refractivity contribution is -0.0240. The third-order valence-corrected chi connectivity index (χ3v) is 3.61. The van der Waals surface area contributed by atoms with Gasteiger partial charge in [0.1, 0.15) is 6.23 Å². The van der Waals surface area contributed by atoms with Crippen LogP contribution in [0.3, 0.4) is 0 Å². The molecule has 3 atom stereocenters. The predicted molar refractivity (Wildman–Crippen MR) is 74.5 cm³/mol. The summed E-state index contributed by atoms with van der Waals surface area (Å²) in [6, 6.07) is 0.